The van der Waals surface area contributed by atoms with Crippen LogP contribution in [0.4, 0.5) is 11.4 Å². The van der Waals surface area contributed by atoms with Crippen molar-refractivity contribution in [1.29, 1.82) is 0 Å². The number of aliphatic hydroxyl groups excluding tert-OH is 1. The van der Waals surface area contributed by atoms with Crippen LogP contribution in [0, 0.1) is 27.7 Å². The summed E-state index contributed by atoms with van der Waals surface area (Å²) < 4.78 is 12.0. The maximum Gasteiger partial charge on any atom is 0.337 e. The van der Waals surface area contributed by atoms with Crippen LogP contribution in [0.25, 0.3) is 32.9 Å². The molecule has 4 heterocycles. The van der Waals surface area contributed by atoms with Crippen molar-refractivity contribution >= 4 is 68.3 Å². The number of carboxylic acids is 1. The van der Waals surface area contributed by atoms with Gasteiger partial charge < -0.3 is 38.8 Å². The first-order valence-electron chi connectivity index (χ1n) is 19.4. The van der Waals surface area contributed by atoms with E-state index in [1.807, 2.05) is 88.8 Å². The maximum atomic E-state index is 15.5. The summed E-state index contributed by atoms with van der Waals surface area (Å²) in [6.45, 7) is 11.1. The predicted molar refractivity (Wildman–Crippen MR) is 233 cm³/mol. The van der Waals surface area contributed by atoms with Crippen LogP contribution in [0.5, 0.6) is 5.75 Å². The van der Waals surface area contributed by atoms with Gasteiger partial charge in [-0.3, -0.25) is 9.48 Å². The number of carbonyl (C=O) groups excluding carboxylic acids is 1. The zero-order valence-corrected chi connectivity index (χ0v) is 36.2. The number of carboxylic acid groups (broad SMARTS) is 1. The van der Waals surface area contributed by atoms with Gasteiger partial charge in [-0.2, -0.15) is 5.10 Å². The molecular weight excluding hydrogens is 777 g/mol. The summed E-state index contributed by atoms with van der Waals surface area (Å²) in [6, 6.07) is 11.2. The Balaban J connectivity index is 1.41. The molecule has 0 radical (unpaired) electrons. The van der Waals surface area contributed by atoms with E-state index in [4.69, 9.17) is 33.0 Å². The van der Waals surface area contributed by atoms with Crippen molar-refractivity contribution in [2.75, 3.05) is 50.6 Å². The molecule has 1 aliphatic rings. The molecule has 14 heteroatoms. The SMILES string of the molecule is Cc1cc(OCCCc2c3n(c4c(-c5c(C)nn(C)c5C)c(Cl)ccc24)[C@H](C)CN(c2cc(N(C)C(O)CN(C)C)cc4c(C(=O)O)cn(C)c24)C3=O)cc(C)c1Cl. The maximum absolute atomic E-state index is 15.5. The van der Waals surface area contributed by atoms with Gasteiger partial charge >= 0.3 is 5.97 Å². The molecule has 0 fully saturated rings. The van der Waals surface area contributed by atoms with E-state index in [0.717, 1.165) is 60.9 Å². The van der Waals surface area contributed by atoms with E-state index >= 15 is 4.79 Å². The fourth-order valence-electron chi connectivity index (χ4n) is 8.65. The van der Waals surface area contributed by atoms with E-state index in [1.54, 1.807) is 40.7 Å². The molecule has 2 N–H and O–H groups in total. The quantitative estimate of drug-likeness (QED) is 0.0934. The molecule has 1 aliphatic heterocycles. The molecule has 1 unspecified atom stereocenters. The largest absolute Gasteiger partial charge is 0.494 e. The van der Waals surface area contributed by atoms with E-state index in [0.29, 0.717) is 65.5 Å². The lowest BCUT2D eigenvalue weighted by Gasteiger charge is -2.36. The van der Waals surface area contributed by atoms with Crippen molar-refractivity contribution in [1.82, 2.24) is 23.8 Å². The monoisotopic (exact) mass is 827 g/mol. The third-order valence-corrected chi connectivity index (χ3v) is 12.4. The molecule has 1 amide bonds. The molecule has 12 nitrogen and oxygen atoms in total. The lowest BCUT2D eigenvalue weighted by atomic mass is 9.98. The average molecular weight is 829 g/mol. The molecule has 7 rings (SSSR count). The van der Waals surface area contributed by atoms with Crippen molar-refractivity contribution in [2.24, 2.45) is 14.1 Å². The van der Waals surface area contributed by atoms with E-state index in [9.17, 15) is 15.0 Å². The van der Waals surface area contributed by atoms with Gasteiger partial charge in [-0.15, -0.1) is 0 Å². The Hall–Kier alpha value is -5.01. The van der Waals surface area contributed by atoms with Crippen LogP contribution in [0.15, 0.2) is 42.6 Å². The number of aromatic carboxylic acids is 1. The molecule has 0 saturated heterocycles. The second kappa shape index (κ2) is 15.6. The van der Waals surface area contributed by atoms with Crippen LogP contribution in [0.3, 0.4) is 0 Å². The number of ether oxygens (including phenoxy) is 1. The molecule has 58 heavy (non-hydrogen) atoms. The zero-order chi connectivity index (χ0) is 42.1. The van der Waals surface area contributed by atoms with Crippen LogP contribution >= 0.6 is 23.2 Å². The van der Waals surface area contributed by atoms with Gasteiger partial charge in [0, 0.05) is 84.8 Å². The Bertz CT molecular complexity index is 2600. The lowest BCUT2D eigenvalue weighted by molar-refractivity contribution is 0.0698. The van der Waals surface area contributed by atoms with Crippen molar-refractivity contribution in [2.45, 2.75) is 59.7 Å². The van der Waals surface area contributed by atoms with E-state index in [-0.39, 0.29) is 17.5 Å². The molecule has 2 atom stereocenters. The fraction of sp³-hybridized carbons (Fsp3) is 0.386. The third-order valence-electron chi connectivity index (χ3n) is 11.5. The Labute approximate surface area is 348 Å². The third kappa shape index (κ3) is 6.99. The lowest BCUT2D eigenvalue weighted by Crippen LogP contribution is -2.43. The van der Waals surface area contributed by atoms with Crippen LogP contribution in [-0.2, 0) is 20.5 Å². The number of benzene rings is 3. The second-order valence-corrected chi connectivity index (χ2v) is 16.7. The van der Waals surface area contributed by atoms with Crippen LogP contribution in [0.1, 0.15) is 68.3 Å². The number of amides is 1. The summed E-state index contributed by atoms with van der Waals surface area (Å²) in [6.07, 6.45) is 1.83. The van der Waals surface area contributed by atoms with E-state index < -0.39 is 12.2 Å². The first-order chi connectivity index (χ1) is 27.4. The van der Waals surface area contributed by atoms with Gasteiger partial charge in [-0.25, -0.2) is 4.79 Å². The topological polar surface area (TPSA) is 121 Å². The molecule has 3 aromatic heterocycles. The number of hydrogen-bond acceptors (Lipinski definition) is 7. The van der Waals surface area contributed by atoms with Gasteiger partial charge in [0.15, 0.2) is 0 Å². The van der Waals surface area contributed by atoms with Gasteiger partial charge in [-0.1, -0.05) is 29.3 Å². The Morgan fingerprint density at radius 2 is 1.69 bits per heavy atom. The number of aliphatic hydroxyl groups is 1. The first-order valence-corrected chi connectivity index (χ1v) is 20.2. The van der Waals surface area contributed by atoms with Crippen molar-refractivity contribution < 1.29 is 24.5 Å². The molecule has 306 valence electrons. The fourth-order valence-corrected chi connectivity index (χ4v) is 9.00. The minimum atomic E-state index is -1.08. The van der Waals surface area contributed by atoms with Gasteiger partial charge in [-0.05, 0) is 109 Å². The number of anilines is 2. The summed E-state index contributed by atoms with van der Waals surface area (Å²) in [5, 5.41) is 28.9. The Kier molecular flexibility index (Phi) is 11.1. The van der Waals surface area contributed by atoms with Gasteiger partial charge in [0.05, 0.1) is 39.6 Å². The molecule has 3 aromatic carbocycles. The number of carbonyl (C=O) groups is 2. The standard InChI is InChI=1S/C44H51Cl2N7O5/c1-23-16-29(17-24(2)39(23)46)58-15-11-12-30-31-13-14-34(45)38(37-26(4)47-51(10)27(37)5)41(31)53-25(3)20-52(43(55)42(30)53)35-19-28(50(9)36(54)22-48(6)7)18-32-33(44(56)57)21-49(8)40(32)35/h13-14,16-19,21,25,36,54H,11-12,15,20,22H2,1-10H3,(H,56,57)/t25-,36?/m1/s1. The predicted octanol–water partition coefficient (Wildman–Crippen LogP) is 8.32. The van der Waals surface area contributed by atoms with Crippen LogP contribution in [0.2, 0.25) is 10.0 Å². The number of halogens is 2. The second-order valence-electron chi connectivity index (χ2n) is 15.9. The number of aromatic nitrogens is 4. The first kappa shape index (κ1) is 41.2. The molecule has 0 spiro atoms. The highest BCUT2D eigenvalue weighted by molar-refractivity contribution is 6.35. The minimum Gasteiger partial charge on any atom is -0.494 e. The number of fused-ring (bicyclic) bond motifs is 4. The highest BCUT2D eigenvalue weighted by atomic mass is 35.5. The van der Waals surface area contributed by atoms with Gasteiger partial charge in [0.2, 0.25) is 0 Å². The van der Waals surface area contributed by atoms with Crippen molar-refractivity contribution in [3.05, 3.63) is 92.0 Å². The van der Waals surface area contributed by atoms with Crippen molar-refractivity contribution in [3.63, 3.8) is 0 Å². The van der Waals surface area contributed by atoms with E-state index in [2.05, 4.69) is 11.5 Å². The van der Waals surface area contributed by atoms with Crippen LogP contribution < -0.4 is 14.5 Å². The highest BCUT2D eigenvalue weighted by Gasteiger charge is 2.38. The van der Waals surface area contributed by atoms with Crippen molar-refractivity contribution in [3.8, 4) is 16.9 Å². The number of hydrogen-bond donors (Lipinski definition) is 2. The number of likely N-dealkylation sites (N-methyl/N-ethyl adjacent to an activating group) is 2. The molecule has 6 aromatic rings. The number of nitrogens with zero attached hydrogens (tertiary/aromatic N) is 7. The summed E-state index contributed by atoms with van der Waals surface area (Å²) in [4.78, 5) is 33.4. The Morgan fingerprint density at radius 3 is 2.31 bits per heavy atom. The average Bonchev–Trinajstić information content (AvgIpc) is 3.77. The minimum absolute atomic E-state index is 0.107. The summed E-state index contributed by atoms with van der Waals surface area (Å²) in [5.74, 6) is -0.560. The summed E-state index contributed by atoms with van der Waals surface area (Å²) in [5.41, 5.74) is 9.60. The van der Waals surface area contributed by atoms with Gasteiger partial charge in [0.25, 0.3) is 5.91 Å². The normalized spacial score (nSPS) is 14.9. The van der Waals surface area contributed by atoms with Crippen LogP contribution in [-0.4, -0.2) is 93.0 Å². The zero-order valence-electron chi connectivity index (χ0n) is 34.7. The molecular formula is C44H51Cl2N7O5. The smallest absolute Gasteiger partial charge is 0.337 e. The van der Waals surface area contributed by atoms with E-state index in [1.165, 1.54) is 0 Å². The molecule has 0 saturated carbocycles. The van der Waals surface area contributed by atoms with Gasteiger partial charge in [0.1, 0.15) is 17.7 Å². The molecule has 0 bridgehead atoms. The summed E-state index contributed by atoms with van der Waals surface area (Å²) >= 11 is 13.6. The summed E-state index contributed by atoms with van der Waals surface area (Å²) in [7, 11) is 9.22. The Morgan fingerprint density at radius 1 is 1.00 bits per heavy atom. The highest BCUT2D eigenvalue weighted by Crippen LogP contribution is 2.46. The molecule has 0 aliphatic carbocycles. The number of aryl methyl sites for hydroxylation is 6. The number of rotatable bonds is 12.